The Morgan fingerprint density at radius 3 is 2.63 bits per heavy atom. The number of aryl methyl sites for hydroxylation is 2. The Hall–Kier alpha value is -3.33. The molecule has 0 spiro atoms. The number of nitrogens with one attached hydrogen (secondary N) is 1. The van der Waals surface area contributed by atoms with Gasteiger partial charge in [-0.05, 0) is 62.4 Å². The summed E-state index contributed by atoms with van der Waals surface area (Å²) in [7, 11) is 0. The number of hydrogen-bond donors (Lipinski definition) is 1. The van der Waals surface area contributed by atoms with Crippen LogP contribution >= 0.6 is 0 Å². The molecular formula is C26H31F2N5O2. The number of carbonyl (C=O) groups excluding carboxylic acids is 1. The van der Waals surface area contributed by atoms with E-state index in [1.165, 1.54) is 18.2 Å². The SMILES string of the molecule is CCN1CCN(c2ccc(F)cc2C(C)NC(=O)CCc2nc(-c3ccc(F)c(C)c3)no2)CC1. The topological polar surface area (TPSA) is 74.5 Å². The van der Waals surface area contributed by atoms with E-state index in [9.17, 15) is 13.6 Å². The molecule has 186 valence electrons. The lowest BCUT2D eigenvalue weighted by Gasteiger charge is -2.37. The van der Waals surface area contributed by atoms with Crippen molar-refractivity contribution in [2.24, 2.45) is 0 Å². The van der Waals surface area contributed by atoms with Crippen LogP contribution in [0, 0.1) is 18.6 Å². The first-order valence-corrected chi connectivity index (χ1v) is 12.0. The highest BCUT2D eigenvalue weighted by atomic mass is 19.1. The molecule has 1 aliphatic heterocycles. The van der Waals surface area contributed by atoms with E-state index in [0.29, 0.717) is 22.8 Å². The third-order valence-corrected chi connectivity index (χ3v) is 6.44. The summed E-state index contributed by atoms with van der Waals surface area (Å²) in [6.45, 7) is 10.3. The molecule has 3 aromatic rings. The zero-order chi connectivity index (χ0) is 24.9. The van der Waals surface area contributed by atoms with Gasteiger partial charge < -0.3 is 19.6 Å². The summed E-state index contributed by atoms with van der Waals surface area (Å²) >= 11 is 0. The molecule has 1 N–H and O–H groups in total. The van der Waals surface area contributed by atoms with Crippen molar-refractivity contribution < 1.29 is 18.1 Å². The van der Waals surface area contributed by atoms with Crippen molar-refractivity contribution in [1.82, 2.24) is 20.4 Å². The summed E-state index contributed by atoms with van der Waals surface area (Å²) in [5.41, 5.74) is 2.85. The fourth-order valence-corrected chi connectivity index (χ4v) is 4.33. The molecule has 35 heavy (non-hydrogen) atoms. The largest absolute Gasteiger partial charge is 0.369 e. The molecule has 1 fully saturated rings. The Bertz CT molecular complexity index is 1170. The highest BCUT2D eigenvalue weighted by Crippen LogP contribution is 2.28. The molecule has 1 saturated heterocycles. The van der Waals surface area contributed by atoms with Crippen molar-refractivity contribution in [3.05, 3.63) is 65.1 Å². The van der Waals surface area contributed by atoms with Gasteiger partial charge in [-0.3, -0.25) is 4.79 Å². The number of hydrogen-bond acceptors (Lipinski definition) is 6. The number of amides is 1. The Morgan fingerprint density at radius 2 is 1.91 bits per heavy atom. The van der Waals surface area contributed by atoms with Gasteiger partial charge in [-0.25, -0.2) is 8.78 Å². The van der Waals surface area contributed by atoms with Crippen LogP contribution in [0.25, 0.3) is 11.4 Å². The number of piperazine rings is 1. The Balaban J connectivity index is 1.36. The van der Waals surface area contributed by atoms with Gasteiger partial charge in [0.05, 0.1) is 6.04 Å². The van der Waals surface area contributed by atoms with Crippen LogP contribution in [-0.2, 0) is 11.2 Å². The van der Waals surface area contributed by atoms with Crippen LogP contribution in [0.2, 0.25) is 0 Å². The molecule has 1 amide bonds. The molecule has 0 bridgehead atoms. The minimum absolute atomic E-state index is 0.147. The molecule has 0 aliphatic carbocycles. The molecule has 9 heteroatoms. The molecule has 1 aromatic heterocycles. The monoisotopic (exact) mass is 483 g/mol. The fraction of sp³-hybridized carbons (Fsp3) is 0.423. The summed E-state index contributed by atoms with van der Waals surface area (Å²) in [4.78, 5) is 21.6. The molecule has 1 aliphatic rings. The van der Waals surface area contributed by atoms with Crippen LogP contribution in [0.5, 0.6) is 0 Å². The molecule has 0 saturated carbocycles. The van der Waals surface area contributed by atoms with Gasteiger partial charge in [0.1, 0.15) is 11.6 Å². The zero-order valence-electron chi connectivity index (χ0n) is 20.4. The Kier molecular flexibility index (Phi) is 7.75. The van der Waals surface area contributed by atoms with Crippen LogP contribution < -0.4 is 10.2 Å². The van der Waals surface area contributed by atoms with Crippen LogP contribution in [0.3, 0.4) is 0 Å². The van der Waals surface area contributed by atoms with Crippen molar-refractivity contribution in [1.29, 1.82) is 0 Å². The summed E-state index contributed by atoms with van der Waals surface area (Å²) in [6, 6.07) is 9.00. The van der Waals surface area contributed by atoms with Gasteiger partial charge in [0.25, 0.3) is 0 Å². The van der Waals surface area contributed by atoms with Crippen molar-refractivity contribution in [2.75, 3.05) is 37.6 Å². The second-order valence-electron chi connectivity index (χ2n) is 8.89. The maximum Gasteiger partial charge on any atom is 0.227 e. The quantitative estimate of drug-likeness (QED) is 0.516. The van der Waals surface area contributed by atoms with Crippen molar-refractivity contribution in [2.45, 2.75) is 39.7 Å². The number of anilines is 1. The molecule has 2 aromatic carbocycles. The maximum absolute atomic E-state index is 14.1. The maximum atomic E-state index is 14.1. The number of likely N-dealkylation sites (N-methyl/N-ethyl adjacent to an activating group) is 1. The Morgan fingerprint density at radius 1 is 1.14 bits per heavy atom. The molecule has 4 rings (SSSR count). The van der Waals surface area contributed by atoms with E-state index in [-0.39, 0.29) is 36.4 Å². The smallest absolute Gasteiger partial charge is 0.227 e. The van der Waals surface area contributed by atoms with E-state index in [4.69, 9.17) is 4.52 Å². The second kappa shape index (κ2) is 10.9. The highest BCUT2D eigenvalue weighted by Gasteiger charge is 2.22. The number of halogens is 2. The number of rotatable bonds is 8. The van der Waals surface area contributed by atoms with E-state index in [1.54, 1.807) is 25.1 Å². The molecule has 2 heterocycles. The lowest BCUT2D eigenvalue weighted by atomic mass is 10.0. The standard InChI is InChI=1S/C26H31F2N5O2/c1-4-32-11-13-33(14-12-32)23-8-6-20(27)16-21(23)18(3)29-24(34)9-10-25-30-26(31-35-25)19-5-7-22(28)17(2)15-19/h5-8,15-16,18H,4,9-14H2,1-3H3,(H,29,34). The molecule has 1 atom stereocenters. The third kappa shape index (κ3) is 6.03. The molecular weight excluding hydrogens is 452 g/mol. The first kappa shape index (κ1) is 24.8. The van der Waals surface area contributed by atoms with E-state index in [2.05, 4.69) is 32.2 Å². The number of benzene rings is 2. The molecule has 7 nitrogen and oxygen atoms in total. The van der Waals surface area contributed by atoms with Crippen molar-refractivity contribution >= 4 is 11.6 Å². The minimum atomic E-state index is -0.363. The second-order valence-corrected chi connectivity index (χ2v) is 8.89. The minimum Gasteiger partial charge on any atom is -0.369 e. The van der Waals surface area contributed by atoms with Gasteiger partial charge in [-0.2, -0.15) is 4.98 Å². The van der Waals surface area contributed by atoms with Crippen LogP contribution in [-0.4, -0.2) is 53.7 Å². The highest BCUT2D eigenvalue weighted by molar-refractivity contribution is 5.77. The number of aromatic nitrogens is 2. The number of nitrogens with zero attached hydrogens (tertiary/aromatic N) is 4. The predicted octanol–water partition coefficient (Wildman–Crippen LogP) is 4.28. The normalized spacial score (nSPS) is 15.3. The third-order valence-electron chi connectivity index (χ3n) is 6.44. The summed E-state index contributed by atoms with van der Waals surface area (Å²) in [5, 5.41) is 6.91. The first-order valence-electron chi connectivity index (χ1n) is 12.0. The van der Waals surface area contributed by atoms with Gasteiger partial charge in [-0.1, -0.05) is 12.1 Å². The van der Waals surface area contributed by atoms with E-state index < -0.39 is 0 Å². The fourth-order valence-electron chi connectivity index (χ4n) is 4.33. The van der Waals surface area contributed by atoms with Gasteiger partial charge in [0, 0.05) is 55.8 Å². The van der Waals surface area contributed by atoms with Crippen molar-refractivity contribution in [3.8, 4) is 11.4 Å². The lowest BCUT2D eigenvalue weighted by molar-refractivity contribution is -0.121. The summed E-state index contributed by atoms with van der Waals surface area (Å²) < 4.78 is 32.9. The van der Waals surface area contributed by atoms with Crippen LogP contribution in [0.1, 0.15) is 43.3 Å². The van der Waals surface area contributed by atoms with Gasteiger partial charge in [-0.15, -0.1) is 0 Å². The van der Waals surface area contributed by atoms with E-state index >= 15 is 0 Å². The van der Waals surface area contributed by atoms with E-state index in [0.717, 1.165) is 44.0 Å². The number of carbonyl (C=O) groups is 1. The average Bonchev–Trinajstić information content (AvgIpc) is 3.33. The average molecular weight is 484 g/mol. The van der Waals surface area contributed by atoms with Gasteiger partial charge in [0.15, 0.2) is 0 Å². The summed E-state index contributed by atoms with van der Waals surface area (Å²) in [6.07, 6.45) is 0.412. The van der Waals surface area contributed by atoms with Gasteiger partial charge in [0.2, 0.25) is 17.6 Å². The van der Waals surface area contributed by atoms with E-state index in [1.807, 2.05) is 6.92 Å². The Labute approximate surface area is 204 Å². The molecule has 0 radical (unpaired) electrons. The van der Waals surface area contributed by atoms with Crippen LogP contribution in [0.15, 0.2) is 40.9 Å². The predicted molar refractivity (Wildman–Crippen MR) is 130 cm³/mol. The van der Waals surface area contributed by atoms with Crippen molar-refractivity contribution in [3.63, 3.8) is 0 Å². The molecule has 1 unspecified atom stereocenters. The first-order chi connectivity index (χ1) is 16.8. The van der Waals surface area contributed by atoms with Crippen LogP contribution in [0.4, 0.5) is 14.5 Å². The lowest BCUT2D eigenvalue weighted by Crippen LogP contribution is -2.46. The van der Waals surface area contributed by atoms with Gasteiger partial charge >= 0.3 is 0 Å². The summed E-state index contributed by atoms with van der Waals surface area (Å²) in [5.74, 6) is -0.144. The zero-order valence-corrected chi connectivity index (χ0v) is 20.4.